The van der Waals surface area contributed by atoms with E-state index in [0.29, 0.717) is 0 Å². The van der Waals surface area contributed by atoms with Gasteiger partial charge in [0.2, 0.25) is 0 Å². The molecular formula is C14H12OS2. The quantitative estimate of drug-likeness (QED) is 0.691. The second-order valence-electron chi connectivity index (χ2n) is 3.72. The average molecular weight is 260 g/mol. The third-order valence-electron chi connectivity index (χ3n) is 2.66. The molecule has 0 aliphatic carbocycles. The number of rotatable bonds is 0. The Kier molecular flexibility index (Phi) is 3.41. The summed E-state index contributed by atoms with van der Waals surface area (Å²) in [6.45, 7) is 0. The van der Waals surface area contributed by atoms with Gasteiger partial charge in [0.05, 0.1) is 11.9 Å². The molecule has 0 fully saturated rings. The first-order valence-electron chi connectivity index (χ1n) is 5.47. The van der Waals surface area contributed by atoms with Gasteiger partial charge in [-0.2, -0.15) is 0 Å². The van der Waals surface area contributed by atoms with Crippen LogP contribution in [0.2, 0.25) is 0 Å². The van der Waals surface area contributed by atoms with E-state index in [1.807, 2.05) is 0 Å². The first-order valence-corrected chi connectivity index (χ1v) is 7.44. The second-order valence-corrected chi connectivity index (χ2v) is 5.65. The van der Waals surface area contributed by atoms with E-state index < -0.39 is 0 Å². The maximum absolute atomic E-state index is 5.59. The molecule has 0 radical (unpaired) electrons. The van der Waals surface area contributed by atoms with Gasteiger partial charge in [-0.05, 0) is 23.3 Å². The molecule has 0 saturated carbocycles. The van der Waals surface area contributed by atoms with Crippen LogP contribution in [0.1, 0.15) is 0 Å². The van der Waals surface area contributed by atoms with Crippen LogP contribution in [0, 0.1) is 0 Å². The Morgan fingerprint density at radius 1 is 0.706 bits per heavy atom. The highest BCUT2D eigenvalue weighted by molar-refractivity contribution is 8.00. The van der Waals surface area contributed by atoms with Crippen LogP contribution in [-0.4, -0.2) is 11.9 Å². The number of thioether (sulfide) groups is 2. The van der Waals surface area contributed by atoms with E-state index in [-0.39, 0.29) is 0 Å². The van der Waals surface area contributed by atoms with Crippen molar-refractivity contribution in [3.63, 3.8) is 0 Å². The van der Waals surface area contributed by atoms with E-state index >= 15 is 0 Å². The highest BCUT2D eigenvalue weighted by atomic mass is 32.2. The van der Waals surface area contributed by atoms with Crippen LogP contribution in [-0.2, 0) is 4.74 Å². The zero-order chi connectivity index (χ0) is 11.5. The molecule has 1 aliphatic heterocycles. The monoisotopic (exact) mass is 260 g/mol. The lowest BCUT2D eigenvalue weighted by Gasteiger charge is -2.10. The largest absolute Gasteiger partial charge is 0.360 e. The summed E-state index contributed by atoms with van der Waals surface area (Å²) in [4.78, 5) is 2.59. The van der Waals surface area contributed by atoms with Gasteiger partial charge in [0.25, 0.3) is 0 Å². The number of fused-ring (bicyclic) bond motifs is 3. The summed E-state index contributed by atoms with van der Waals surface area (Å²) in [6, 6.07) is 17.1. The van der Waals surface area contributed by atoms with Crippen molar-refractivity contribution in [1.29, 1.82) is 0 Å². The fraction of sp³-hybridized carbons (Fsp3) is 0.143. The minimum atomic E-state index is 0.720. The normalized spacial score (nSPS) is 15.1. The van der Waals surface area contributed by atoms with E-state index in [9.17, 15) is 0 Å². The molecule has 0 aromatic heterocycles. The number of hydrogen-bond acceptors (Lipinski definition) is 3. The Morgan fingerprint density at radius 2 is 1.18 bits per heavy atom. The summed E-state index contributed by atoms with van der Waals surface area (Å²) in [7, 11) is 0. The molecule has 0 spiro atoms. The van der Waals surface area contributed by atoms with Gasteiger partial charge in [-0.3, -0.25) is 0 Å². The third-order valence-corrected chi connectivity index (χ3v) is 4.56. The lowest BCUT2D eigenvalue weighted by atomic mass is 10.1. The number of ether oxygens (including phenoxy) is 1. The van der Waals surface area contributed by atoms with E-state index in [2.05, 4.69) is 48.5 Å². The Morgan fingerprint density at radius 3 is 1.71 bits per heavy atom. The minimum absolute atomic E-state index is 0.720. The maximum atomic E-state index is 5.59. The highest BCUT2D eigenvalue weighted by Crippen LogP contribution is 2.38. The molecule has 0 bridgehead atoms. The molecule has 0 amide bonds. The SMILES string of the molecule is c1ccc2c(c1)SCOCSc1ccccc1-2. The first-order chi connectivity index (χ1) is 8.45. The predicted molar refractivity (Wildman–Crippen MR) is 74.4 cm³/mol. The van der Waals surface area contributed by atoms with Crippen molar-refractivity contribution in [3.8, 4) is 11.1 Å². The van der Waals surface area contributed by atoms with Gasteiger partial charge in [-0.1, -0.05) is 59.9 Å². The Labute approximate surface area is 110 Å². The van der Waals surface area contributed by atoms with Crippen LogP contribution >= 0.6 is 23.5 Å². The molecular weight excluding hydrogens is 248 g/mol. The van der Waals surface area contributed by atoms with Gasteiger partial charge in [-0.15, -0.1) is 0 Å². The maximum Gasteiger partial charge on any atom is 0.0978 e. The zero-order valence-corrected chi connectivity index (χ0v) is 10.9. The highest BCUT2D eigenvalue weighted by Gasteiger charge is 2.11. The van der Waals surface area contributed by atoms with Crippen molar-refractivity contribution >= 4 is 23.5 Å². The molecule has 1 aliphatic rings. The molecule has 2 aromatic carbocycles. The third kappa shape index (κ3) is 2.37. The molecule has 0 unspecified atom stereocenters. The van der Waals surface area contributed by atoms with Crippen molar-refractivity contribution in [3.05, 3.63) is 48.5 Å². The lowest BCUT2D eigenvalue weighted by molar-refractivity contribution is 0.240. The minimum Gasteiger partial charge on any atom is -0.360 e. The molecule has 3 heteroatoms. The van der Waals surface area contributed by atoms with Crippen molar-refractivity contribution in [1.82, 2.24) is 0 Å². The van der Waals surface area contributed by atoms with Crippen LogP contribution < -0.4 is 0 Å². The van der Waals surface area contributed by atoms with Gasteiger partial charge in [0, 0.05) is 9.79 Å². The second kappa shape index (κ2) is 5.17. The Balaban J connectivity index is 2.18. The summed E-state index contributed by atoms with van der Waals surface area (Å²) in [5, 5.41) is 0. The van der Waals surface area contributed by atoms with Crippen molar-refractivity contribution < 1.29 is 4.74 Å². The molecule has 0 N–H and O–H groups in total. The summed E-state index contributed by atoms with van der Waals surface area (Å²) < 4.78 is 5.59. The van der Waals surface area contributed by atoms with Crippen molar-refractivity contribution in [2.24, 2.45) is 0 Å². The Hall–Kier alpha value is -0.900. The molecule has 0 atom stereocenters. The van der Waals surface area contributed by atoms with E-state index in [1.165, 1.54) is 20.9 Å². The topological polar surface area (TPSA) is 9.23 Å². The average Bonchev–Trinajstić information content (AvgIpc) is 2.47. The van der Waals surface area contributed by atoms with E-state index in [1.54, 1.807) is 23.5 Å². The lowest BCUT2D eigenvalue weighted by Crippen LogP contribution is -1.87. The summed E-state index contributed by atoms with van der Waals surface area (Å²) in [5.41, 5.74) is 2.62. The predicted octanol–water partition coefficient (Wildman–Crippen LogP) is 4.48. The van der Waals surface area contributed by atoms with E-state index in [4.69, 9.17) is 4.74 Å². The molecule has 1 heterocycles. The summed E-state index contributed by atoms with van der Waals surface area (Å²) in [5.74, 6) is 1.44. The molecule has 86 valence electrons. The van der Waals surface area contributed by atoms with Crippen molar-refractivity contribution in [2.45, 2.75) is 9.79 Å². The van der Waals surface area contributed by atoms with Crippen molar-refractivity contribution in [2.75, 3.05) is 11.9 Å². The summed E-state index contributed by atoms with van der Waals surface area (Å²) in [6.07, 6.45) is 0. The fourth-order valence-electron chi connectivity index (χ4n) is 1.87. The Bertz CT molecular complexity index is 478. The summed E-state index contributed by atoms with van der Waals surface area (Å²) >= 11 is 3.53. The number of hydrogen-bond donors (Lipinski definition) is 0. The van der Waals surface area contributed by atoms with Gasteiger partial charge < -0.3 is 4.74 Å². The van der Waals surface area contributed by atoms with Gasteiger partial charge in [0.1, 0.15) is 0 Å². The molecule has 3 rings (SSSR count). The van der Waals surface area contributed by atoms with E-state index in [0.717, 1.165) is 11.9 Å². The van der Waals surface area contributed by atoms with Crippen LogP contribution in [0.5, 0.6) is 0 Å². The fourth-order valence-corrected chi connectivity index (χ4v) is 3.58. The van der Waals surface area contributed by atoms with Crippen LogP contribution in [0.4, 0.5) is 0 Å². The van der Waals surface area contributed by atoms with Crippen LogP contribution in [0.15, 0.2) is 58.3 Å². The van der Waals surface area contributed by atoms with Gasteiger partial charge in [0.15, 0.2) is 0 Å². The first kappa shape index (κ1) is 11.2. The van der Waals surface area contributed by atoms with Gasteiger partial charge in [-0.25, -0.2) is 0 Å². The standard InChI is InChI=1S/C14H12OS2/c1-3-7-13-11(5-1)12-6-2-4-8-14(12)17-10-15-9-16-13/h1-8H,9-10H2. The zero-order valence-electron chi connectivity index (χ0n) is 9.26. The number of benzene rings is 2. The molecule has 0 saturated heterocycles. The van der Waals surface area contributed by atoms with Crippen LogP contribution in [0.3, 0.4) is 0 Å². The molecule has 17 heavy (non-hydrogen) atoms. The van der Waals surface area contributed by atoms with Crippen LogP contribution in [0.25, 0.3) is 11.1 Å². The van der Waals surface area contributed by atoms with Gasteiger partial charge >= 0.3 is 0 Å². The smallest absolute Gasteiger partial charge is 0.0978 e. The molecule has 2 aromatic rings. The molecule has 1 nitrogen and oxygen atoms in total.